The Morgan fingerprint density at radius 3 is 2.83 bits per heavy atom. The van der Waals surface area contributed by atoms with Crippen LogP contribution < -0.4 is 5.32 Å². The molecule has 1 heterocycles. The first-order valence-electron chi connectivity index (χ1n) is 7.27. The third-order valence-electron chi connectivity index (χ3n) is 4.33. The first-order valence-corrected chi connectivity index (χ1v) is 7.27. The molecule has 0 bridgehead atoms. The highest BCUT2D eigenvalue weighted by molar-refractivity contribution is 5.05. The molecule has 3 rings (SSSR count). The summed E-state index contributed by atoms with van der Waals surface area (Å²) in [7, 11) is 0. The molecule has 0 amide bonds. The second kappa shape index (κ2) is 4.65. The maximum atomic E-state index is 4.36. The molecule has 0 radical (unpaired) electrons. The Morgan fingerprint density at radius 1 is 1.44 bits per heavy atom. The Balaban J connectivity index is 1.49. The molecule has 0 saturated heterocycles. The first kappa shape index (κ1) is 12.2. The molecular formula is C14H24N4. The van der Waals surface area contributed by atoms with Gasteiger partial charge in [-0.2, -0.15) is 5.10 Å². The van der Waals surface area contributed by atoms with Gasteiger partial charge in [0.25, 0.3) is 0 Å². The molecule has 2 aliphatic rings. The Hall–Kier alpha value is -0.900. The van der Waals surface area contributed by atoms with E-state index in [1.807, 2.05) is 4.68 Å². The second-order valence-electron chi connectivity index (χ2n) is 6.49. The third-order valence-corrected chi connectivity index (χ3v) is 4.33. The van der Waals surface area contributed by atoms with Gasteiger partial charge >= 0.3 is 0 Å². The third kappa shape index (κ3) is 2.58. The lowest BCUT2D eigenvalue weighted by molar-refractivity contribution is 0.392. The monoisotopic (exact) mass is 248 g/mol. The molecule has 0 atom stereocenters. The average Bonchev–Trinajstić information content (AvgIpc) is 3.20. The van der Waals surface area contributed by atoms with Crippen LogP contribution >= 0.6 is 0 Å². The zero-order chi connectivity index (χ0) is 12.6. The standard InChI is InChI=1S/C14H24N4/c1-11(2)8-18-13(16-10-17-18)7-15-9-14(5-6-14)12-3-4-12/h10-12,15H,3-9H2,1-2H3. The fourth-order valence-electron chi connectivity index (χ4n) is 2.93. The first-order chi connectivity index (χ1) is 8.70. The molecule has 4 nitrogen and oxygen atoms in total. The molecular weight excluding hydrogens is 224 g/mol. The smallest absolute Gasteiger partial charge is 0.140 e. The molecule has 100 valence electrons. The van der Waals surface area contributed by atoms with Crippen LogP contribution in [0.4, 0.5) is 0 Å². The van der Waals surface area contributed by atoms with E-state index in [1.165, 1.54) is 32.2 Å². The maximum Gasteiger partial charge on any atom is 0.140 e. The lowest BCUT2D eigenvalue weighted by Gasteiger charge is -2.15. The van der Waals surface area contributed by atoms with Crippen molar-refractivity contribution < 1.29 is 0 Å². The number of nitrogens with zero attached hydrogens (tertiary/aromatic N) is 3. The fourth-order valence-corrected chi connectivity index (χ4v) is 2.93. The SMILES string of the molecule is CC(C)Cn1ncnc1CNCC1(C2CC2)CC1. The molecule has 0 unspecified atom stereocenters. The van der Waals surface area contributed by atoms with Crippen molar-refractivity contribution in [1.82, 2.24) is 20.1 Å². The minimum atomic E-state index is 0.617. The number of hydrogen-bond donors (Lipinski definition) is 1. The predicted octanol–water partition coefficient (Wildman–Crippen LogP) is 2.21. The summed E-state index contributed by atoms with van der Waals surface area (Å²) in [5.41, 5.74) is 0.670. The summed E-state index contributed by atoms with van der Waals surface area (Å²) in [5.74, 6) is 2.72. The fraction of sp³-hybridized carbons (Fsp3) is 0.857. The summed E-state index contributed by atoms with van der Waals surface area (Å²) in [6.45, 7) is 7.43. The van der Waals surface area contributed by atoms with Gasteiger partial charge < -0.3 is 5.32 Å². The highest BCUT2D eigenvalue weighted by Crippen LogP contribution is 2.60. The van der Waals surface area contributed by atoms with Gasteiger partial charge in [-0.1, -0.05) is 13.8 Å². The van der Waals surface area contributed by atoms with Crippen molar-refractivity contribution in [3.63, 3.8) is 0 Å². The summed E-state index contributed by atoms with van der Waals surface area (Å²) in [4.78, 5) is 4.36. The molecule has 0 aromatic carbocycles. The van der Waals surface area contributed by atoms with Crippen molar-refractivity contribution in [2.75, 3.05) is 6.54 Å². The van der Waals surface area contributed by atoms with E-state index in [2.05, 4.69) is 29.2 Å². The van der Waals surface area contributed by atoms with Crippen molar-refractivity contribution in [1.29, 1.82) is 0 Å². The zero-order valence-corrected chi connectivity index (χ0v) is 11.5. The van der Waals surface area contributed by atoms with Crippen LogP contribution in [0.15, 0.2) is 6.33 Å². The van der Waals surface area contributed by atoms with Gasteiger partial charge in [-0.15, -0.1) is 0 Å². The molecule has 2 aliphatic carbocycles. The van der Waals surface area contributed by atoms with Gasteiger partial charge in [0, 0.05) is 13.1 Å². The van der Waals surface area contributed by atoms with Crippen LogP contribution in [0.2, 0.25) is 0 Å². The summed E-state index contributed by atoms with van der Waals surface area (Å²) in [6.07, 6.45) is 7.47. The number of aromatic nitrogens is 3. The van der Waals surface area contributed by atoms with Gasteiger partial charge in [-0.3, -0.25) is 0 Å². The van der Waals surface area contributed by atoms with E-state index in [1.54, 1.807) is 6.33 Å². The minimum absolute atomic E-state index is 0.617. The lowest BCUT2D eigenvalue weighted by Crippen LogP contribution is -2.26. The van der Waals surface area contributed by atoms with Crippen molar-refractivity contribution in [3.8, 4) is 0 Å². The Bertz CT molecular complexity index is 402. The van der Waals surface area contributed by atoms with Crippen molar-refractivity contribution in [2.45, 2.75) is 52.6 Å². The molecule has 1 aromatic heterocycles. The largest absolute Gasteiger partial charge is 0.309 e. The van der Waals surface area contributed by atoms with Crippen molar-refractivity contribution in [3.05, 3.63) is 12.2 Å². The average molecular weight is 248 g/mol. The summed E-state index contributed by atoms with van der Waals surface area (Å²) in [6, 6.07) is 0. The molecule has 0 aliphatic heterocycles. The Kier molecular flexibility index (Phi) is 3.14. The zero-order valence-electron chi connectivity index (χ0n) is 11.5. The van der Waals surface area contributed by atoms with E-state index in [-0.39, 0.29) is 0 Å². The van der Waals surface area contributed by atoms with Gasteiger partial charge in [-0.05, 0) is 42.9 Å². The molecule has 1 N–H and O–H groups in total. The minimum Gasteiger partial charge on any atom is -0.309 e. The van der Waals surface area contributed by atoms with Crippen LogP contribution in [-0.2, 0) is 13.1 Å². The molecule has 2 saturated carbocycles. The summed E-state index contributed by atoms with van der Waals surface area (Å²) in [5, 5.41) is 7.90. The molecule has 4 heteroatoms. The predicted molar refractivity (Wildman–Crippen MR) is 71.0 cm³/mol. The number of hydrogen-bond acceptors (Lipinski definition) is 3. The van der Waals surface area contributed by atoms with E-state index in [0.717, 1.165) is 24.8 Å². The van der Waals surface area contributed by atoms with Gasteiger partial charge in [0.1, 0.15) is 12.2 Å². The summed E-state index contributed by atoms with van der Waals surface area (Å²) >= 11 is 0. The van der Waals surface area contributed by atoms with E-state index >= 15 is 0 Å². The van der Waals surface area contributed by atoms with Crippen LogP contribution in [-0.4, -0.2) is 21.3 Å². The quantitative estimate of drug-likeness (QED) is 0.804. The van der Waals surface area contributed by atoms with Gasteiger partial charge in [-0.25, -0.2) is 9.67 Å². The van der Waals surface area contributed by atoms with E-state index in [0.29, 0.717) is 11.3 Å². The van der Waals surface area contributed by atoms with Gasteiger partial charge in [0.05, 0.1) is 6.54 Å². The highest BCUT2D eigenvalue weighted by Gasteiger charge is 2.53. The topological polar surface area (TPSA) is 42.7 Å². The highest BCUT2D eigenvalue weighted by atomic mass is 15.3. The lowest BCUT2D eigenvalue weighted by atomic mass is 10.0. The second-order valence-corrected chi connectivity index (χ2v) is 6.49. The number of nitrogens with one attached hydrogen (secondary N) is 1. The maximum absolute atomic E-state index is 4.36. The molecule has 2 fully saturated rings. The van der Waals surface area contributed by atoms with Crippen molar-refractivity contribution >= 4 is 0 Å². The van der Waals surface area contributed by atoms with E-state index in [9.17, 15) is 0 Å². The molecule has 18 heavy (non-hydrogen) atoms. The molecule has 1 aromatic rings. The Labute approximate surface area is 109 Å². The van der Waals surface area contributed by atoms with Gasteiger partial charge in [0.15, 0.2) is 0 Å². The van der Waals surface area contributed by atoms with Crippen LogP contribution in [0.25, 0.3) is 0 Å². The van der Waals surface area contributed by atoms with Crippen LogP contribution in [0.3, 0.4) is 0 Å². The van der Waals surface area contributed by atoms with Crippen molar-refractivity contribution in [2.24, 2.45) is 17.3 Å². The van der Waals surface area contributed by atoms with Crippen LogP contribution in [0.1, 0.15) is 45.4 Å². The van der Waals surface area contributed by atoms with E-state index < -0.39 is 0 Å². The van der Waals surface area contributed by atoms with E-state index in [4.69, 9.17) is 0 Å². The summed E-state index contributed by atoms with van der Waals surface area (Å²) < 4.78 is 2.04. The molecule has 0 spiro atoms. The van der Waals surface area contributed by atoms with Crippen LogP contribution in [0, 0.1) is 17.3 Å². The van der Waals surface area contributed by atoms with Gasteiger partial charge in [0.2, 0.25) is 0 Å². The Morgan fingerprint density at radius 2 is 2.22 bits per heavy atom. The van der Waals surface area contributed by atoms with Crippen LogP contribution in [0.5, 0.6) is 0 Å². The number of rotatable bonds is 7. The normalized spacial score (nSPS) is 21.5.